The van der Waals surface area contributed by atoms with E-state index in [4.69, 9.17) is 20.4 Å². The number of hydrogen-bond acceptors (Lipinski definition) is 7. The van der Waals surface area contributed by atoms with Crippen molar-refractivity contribution in [1.29, 1.82) is 0 Å². The molecule has 0 bridgehead atoms. The van der Waals surface area contributed by atoms with Gasteiger partial charge in [-0.1, -0.05) is 12.1 Å². The number of likely N-dealkylation sites (N-methyl/N-ethyl adjacent to an activating group) is 1. The number of ether oxygens (including phenoxy) is 1. The largest absolute Gasteiger partial charge is 0.492 e. The smallest absolute Gasteiger partial charge is 0.156 e. The van der Waals surface area contributed by atoms with Crippen molar-refractivity contribution in [2.24, 2.45) is 11.7 Å². The number of imidazole rings is 1. The number of nitrogens with two attached hydrogens (primary N) is 1. The van der Waals surface area contributed by atoms with Crippen LogP contribution in [-0.4, -0.2) is 90.8 Å². The normalized spacial score (nSPS) is 18.8. The van der Waals surface area contributed by atoms with E-state index >= 15 is 0 Å². The van der Waals surface area contributed by atoms with E-state index in [2.05, 4.69) is 26.7 Å². The molecule has 2 aromatic heterocycles. The molecule has 2 aliphatic heterocycles. The van der Waals surface area contributed by atoms with Gasteiger partial charge in [-0.15, -0.1) is 0 Å². The van der Waals surface area contributed by atoms with Crippen LogP contribution in [0, 0.1) is 5.92 Å². The van der Waals surface area contributed by atoms with Crippen LogP contribution < -0.4 is 15.4 Å². The SMILES string of the molecule is CN1CCN(CC2CCN(c3nccc4[nH]c(-c5cccc(OCCN)c5)nc34)CC2)CC1. The van der Waals surface area contributed by atoms with Gasteiger partial charge in [0.2, 0.25) is 0 Å². The number of piperidine rings is 1. The minimum Gasteiger partial charge on any atom is -0.492 e. The van der Waals surface area contributed by atoms with Gasteiger partial charge in [0.05, 0.1) is 5.52 Å². The Hall–Kier alpha value is -2.68. The summed E-state index contributed by atoms with van der Waals surface area (Å²) in [5, 5.41) is 0. The second kappa shape index (κ2) is 10.1. The van der Waals surface area contributed by atoms with Crippen LogP contribution in [0.4, 0.5) is 5.82 Å². The van der Waals surface area contributed by atoms with E-state index in [1.165, 1.54) is 45.6 Å². The first-order chi connectivity index (χ1) is 16.2. The van der Waals surface area contributed by atoms with E-state index in [0.29, 0.717) is 13.2 Å². The topological polar surface area (TPSA) is 86.5 Å². The number of H-pyrrole nitrogens is 1. The molecular weight excluding hydrogens is 414 g/mol. The van der Waals surface area contributed by atoms with E-state index in [-0.39, 0.29) is 0 Å². The predicted octanol–water partition coefficient (Wildman–Crippen LogP) is 2.43. The summed E-state index contributed by atoms with van der Waals surface area (Å²) in [6.07, 6.45) is 4.31. The lowest BCUT2D eigenvalue weighted by Crippen LogP contribution is -2.47. The zero-order valence-electron chi connectivity index (χ0n) is 19.5. The van der Waals surface area contributed by atoms with Crippen LogP contribution in [0.5, 0.6) is 5.75 Å². The van der Waals surface area contributed by atoms with Crippen molar-refractivity contribution in [3.8, 4) is 17.1 Å². The highest BCUT2D eigenvalue weighted by Gasteiger charge is 2.25. The number of hydrogen-bond donors (Lipinski definition) is 2. The standard InChI is InChI=1S/C25H35N7O/c1-30-12-14-31(15-13-30)18-19-6-10-32(11-7-19)25-23-22(5-9-27-25)28-24(29-23)20-3-2-4-21(17-20)33-16-8-26/h2-5,9,17,19H,6-8,10-16,18,26H2,1H3,(H,28,29). The van der Waals surface area contributed by atoms with Crippen molar-refractivity contribution in [2.45, 2.75) is 12.8 Å². The number of rotatable bonds is 7. The second-order valence-electron chi connectivity index (χ2n) is 9.32. The van der Waals surface area contributed by atoms with Gasteiger partial charge in [-0.3, -0.25) is 0 Å². The first kappa shape index (κ1) is 22.1. The predicted molar refractivity (Wildman–Crippen MR) is 133 cm³/mol. The maximum atomic E-state index is 5.69. The second-order valence-corrected chi connectivity index (χ2v) is 9.32. The third-order valence-corrected chi connectivity index (χ3v) is 6.90. The Morgan fingerprint density at radius 1 is 1.09 bits per heavy atom. The first-order valence-corrected chi connectivity index (χ1v) is 12.1. The number of aromatic nitrogens is 3. The lowest BCUT2D eigenvalue weighted by molar-refractivity contribution is 0.129. The molecular formula is C25H35N7O. The molecule has 2 aliphatic rings. The van der Waals surface area contributed by atoms with Crippen LogP contribution >= 0.6 is 0 Å². The summed E-state index contributed by atoms with van der Waals surface area (Å²) in [4.78, 5) is 20.6. The van der Waals surface area contributed by atoms with Crippen molar-refractivity contribution in [2.75, 3.05) is 70.9 Å². The van der Waals surface area contributed by atoms with E-state index in [1.54, 1.807) is 0 Å². The molecule has 1 aromatic carbocycles. The first-order valence-electron chi connectivity index (χ1n) is 12.1. The number of benzene rings is 1. The number of aromatic amines is 1. The summed E-state index contributed by atoms with van der Waals surface area (Å²) in [5.74, 6) is 3.40. The number of nitrogens with zero attached hydrogens (tertiary/aromatic N) is 5. The van der Waals surface area contributed by atoms with Gasteiger partial charge in [-0.2, -0.15) is 0 Å². The van der Waals surface area contributed by atoms with Gasteiger partial charge in [0.1, 0.15) is 23.7 Å². The minimum absolute atomic E-state index is 0.496. The van der Waals surface area contributed by atoms with Gasteiger partial charge in [0.15, 0.2) is 5.82 Å². The molecule has 5 rings (SSSR count). The lowest BCUT2D eigenvalue weighted by Gasteiger charge is -2.38. The van der Waals surface area contributed by atoms with Crippen LogP contribution in [0.1, 0.15) is 12.8 Å². The van der Waals surface area contributed by atoms with Crippen molar-refractivity contribution in [3.63, 3.8) is 0 Å². The zero-order valence-corrected chi connectivity index (χ0v) is 19.5. The number of fused-ring (bicyclic) bond motifs is 1. The van der Waals surface area contributed by atoms with E-state index < -0.39 is 0 Å². The summed E-state index contributed by atoms with van der Waals surface area (Å²) in [6, 6.07) is 9.98. The Balaban J connectivity index is 1.27. The van der Waals surface area contributed by atoms with Crippen molar-refractivity contribution in [3.05, 3.63) is 36.5 Å². The van der Waals surface area contributed by atoms with E-state index in [1.807, 2.05) is 36.5 Å². The van der Waals surface area contributed by atoms with Crippen molar-refractivity contribution >= 4 is 16.9 Å². The Morgan fingerprint density at radius 2 is 1.91 bits per heavy atom. The molecule has 0 unspecified atom stereocenters. The van der Waals surface area contributed by atoms with Gasteiger partial charge in [0, 0.05) is 64.1 Å². The molecule has 33 heavy (non-hydrogen) atoms. The third-order valence-electron chi connectivity index (χ3n) is 6.90. The van der Waals surface area contributed by atoms with Gasteiger partial charge in [-0.05, 0) is 44.0 Å². The fourth-order valence-electron chi connectivity index (χ4n) is 4.92. The van der Waals surface area contributed by atoms with Crippen molar-refractivity contribution in [1.82, 2.24) is 24.8 Å². The zero-order chi connectivity index (χ0) is 22.6. The molecule has 0 atom stereocenters. The fourth-order valence-corrected chi connectivity index (χ4v) is 4.92. The maximum absolute atomic E-state index is 5.69. The van der Waals surface area contributed by atoms with Gasteiger partial charge in [-0.25, -0.2) is 9.97 Å². The Morgan fingerprint density at radius 3 is 2.70 bits per heavy atom. The monoisotopic (exact) mass is 449 g/mol. The van der Waals surface area contributed by atoms with E-state index in [0.717, 1.165) is 53.0 Å². The van der Waals surface area contributed by atoms with Gasteiger partial charge >= 0.3 is 0 Å². The Bertz CT molecular complexity index is 1050. The quantitative estimate of drug-likeness (QED) is 0.573. The molecule has 2 saturated heterocycles. The molecule has 3 aromatic rings. The molecule has 8 heteroatoms. The summed E-state index contributed by atoms with van der Waals surface area (Å²) in [5.41, 5.74) is 8.52. The molecule has 0 radical (unpaired) electrons. The van der Waals surface area contributed by atoms with Gasteiger partial charge in [0.25, 0.3) is 0 Å². The highest BCUT2D eigenvalue weighted by Crippen LogP contribution is 2.30. The van der Waals surface area contributed by atoms with Gasteiger partial charge < -0.3 is 30.2 Å². The van der Waals surface area contributed by atoms with Crippen LogP contribution in [-0.2, 0) is 0 Å². The van der Waals surface area contributed by atoms with Crippen LogP contribution in [0.3, 0.4) is 0 Å². The number of anilines is 1. The molecule has 3 N–H and O–H groups in total. The molecule has 0 aliphatic carbocycles. The molecule has 0 saturated carbocycles. The summed E-state index contributed by atoms with van der Waals surface area (Å²) in [7, 11) is 2.22. The molecule has 2 fully saturated rings. The Labute approximate surface area is 195 Å². The highest BCUT2D eigenvalue weighted by atomic mass is 16.5. The molecule has 8 nitrogen and oxygen atoms in total. The van der Waals surface area contributed by atoms with Crippen molar-refractivity contribution < 1.29 is 4.74 Å². The molecule has 0 spiro atoms. The van der Waals surface area contributed by atoms with E-state index in [9.17, 15) is 0 Å². The maximum Gasteiger partial charge on any atom is 0.156 e. The van der Waals surface area contributed by atoms with Crippen LogP contribution in [0.2, 0.25) is 0 Å². The Kier molecular flexibility index (Phi) is 6.75. The average molecular weight is 450 g/mol. The molecule has 0 amide bonds. The average Bonchev–Trinajstić information content (AvgIpc) is 3.30. The van der Waals surface area contributed by atoms with Crippen LogP contribution in [0.15, 0.2) is 36.5 Å². The summed E-state index contributed by atoms with van der Waals surface area (Å²) >= 11 is 0. The minimum atomic E-state index is 0.496. The fraction of sp³-hybridized carbons (Fsp3) is 0.520. The number of nitrogens with one attached hydrogen (secondary N) is 1. The highest BCUT2D eigenvalue weighted by molar-refractivity contribution is 5.88. The number of piperazine rings is 1. The van der Waals surface area contributed by atoms with Crippen LogP contribution in [0.25, 0.3) is 22.4 Å². The molecule has 176 valence electrons. The lowest BCUT2D eigenvalue weighted by atomic mass is 9.96. The number of pyridine rings is 1. The summed E-state index contributed by atoms with van der Waals surface area (Å²) in [6.45, 7) is 9.08. The third kappa shape index (κ3) is 5.13. The summed E-state index contributed by atoms with van der Waals surface area (Å²) < 4.78 is 5.69. The molecule has 4 heterocycles.